The van der Waals surface area contributed by atoms with Crippen molar-refractivity contribution < 1.29 is 9.53 Å². The van der Waals surface area contributed by atoms with Crippen LogP contribution in [-0.2, 0) is 0 Å². The van der Waals surface area contributed by atoms with Gasteiger partial charge in [-0.25, -0.2) is 4.98 Å². The summed E-state index contributed by atoms with van der Waals surface area (Å²) in [5.74, 6) is 0.635. The maximum absolute atomic E-state index is 13.2. The van der Waals surface area contributed by atoms with Gasteiger partial charge in [0.05, 0.1) is 28.3 Å². The normalized spacial score (nSPS) is 10.9. The molecule has 0 radical (unpaired) electrons. The van der Waals surface area contributed by atoms with E-state index in [-0.39, 0.29) is 5.91 Å². The molecule has 0 aliphatic rings. The molecule has 0 saturated carbocycles. The minimum absolute atomic E-state index is 0.149. The first-order valence-corrected chi connectivity index (χ1v) is 10.4. The van der Waals surface area contributed by atoms with Crippen LogP contribution in [-0.4, -0.2) is 17.5 Å². The van der Waals surface area contributed by atoms with Crippen molar-refractivity contribution in [2.24, 2.45) is 0 Å². The van der Waals surface area contributed by atoms with E-state index in [0.29, 0.717) is 12.2 Å². The maximum atomic E-state index is 13.2. The topological polar surface area (TPSA) is 51.2 Å². The molecule has 0 atom stereocenters. The molecule has 29 heavy (non-hydrogen) atoms. The van der Waals surface area contributed by atoms with Crippen LogP contribution in [0, 0.1) is 13.8 Å². The molecule has 2 aromatic carbocycles. The van der Waals surface area contributed by atoms with Crippen LogP contribution in [0.1, 0.15) is 28.4 Å². The zero-order valence-corrected chi connectivity index (χ0v) is 17.5. The number of nitrogens with one attached hydrogen (secondary N) is 1. The number of fused-ring (bicyclic) bond motifs is 1. The number of nitrogens with zero attached hydrogens (tertiary/aromatic N) is 1. The molecule has 0 fully saturated rings. The lowest BCUT2D eigenvalue weighted by molar-refractivity contribution is 0.102. The summed E-state index contributed by atoms with van der Waals surface area (Å²) in [5.41, 5.74) is 5.20. The van der Waals surface area contributed by atoms with Gasteiger partial charge in [-0.3, -0.25) is 4.79 Å². The molecule has 0 spiro atoms. The molecule has 1 amide bonds. The number of pyridine rings is 1. The van der Waals surface area contributed by atoms with E-state index in [1.807, 2.05) is 74.7 Å². The van der Waals surface area contributed by atoms with Crippen LogP contribution in [0.3, 0.4) is 0 Å². The van der Waals surface area contributed by atoms with Crippen LogP contribution in [0.2, 0.25) is 0 Å². The number of ether oxygens (including phenoxy) is 1. The van der Waals surface area contributed by atoms with Crippen molar-refractivity contribution in [1.29, 1.82) is 0 Å². The third-order valence-electron chi connectivity index (χ3n) is 4.69. The number of thiophene rings is 1. The fourth-order valence-corrected chi connectivity index (χ4v) is 4.11. The Labute approximate surface area is 174 Å². The molecule has 0 aliphatic heterocycles. The van der Waals surface area contributed by atoms with E-state index < -0.39 is 0 Å². The van der Waals surface area contributed by atoms with Gasteiger partial charge in [0.1, 0.15) is 5.75 Å². The number of anilines is 1. The van der Waals surface area contributed by atoms with E-state index >= 15 is 0 Å². The standard InChI is InChI=1S/C24H22N2O2S/c1-4-28-18-9-7-17(8-10-18)25-24(27)20-14-21(22-6-5-11-29-22)26-23-16(3)12-15(2)13-19(20)23/h5-14H,4H2,1-3H3,(H,25,27). The van der Waals surface area contributed by atoms with Crippen LogP contribution in [0.4, 0.5) is 5.69 Å². The Bertz CT molecular complexity index is 1170. The molecule has 5 heteroatoms. The predicted octanol–water partition coefficient (Wildman–Crippen LogP) is 6.23. The summed E-state index contributed by atoms with van der Waals surface area (Å²) in [6.07, 6.45) is 0. The molecule has 2 aromatic heterocycles. The van der Waals surface area contributed by atoms with Crippen molar-refractivity contribution in [2.45, 2.75) is 20.8 Å². The van der Waals surface area contributed by atoms with Crippen molar-refractivity contribution >= 4 is 33.8 Å². The molecule has 4 nitrogen and oxygen atoms in total. The average molecular weight is 403 g/mol. The lowest BCUT2D eigenvalue weighted by atomic mass is 10.0. The van der Waals surface area contributed by atoms with Crippen molar-refractivity contribution in [3.63, 3.8) is 0 Å². The number of benzene rings is 2. The van der Waals surface area contributed by atoms with E-state index in [1.165, 1.54) is 0 Å². The van der Waals surface area contributed by atoms with E-state index in [1.54, 1.807) is 11.3 Å². The minimum Gasteiger partial charge on any atom is -0.494 e. The van der Waals surface area contributed by atoms with Gasteiger partial charge in [-0.1, -0.05) is 17.7 Å². The number of carbonyl (C=O) groups excluding carboxylic acids is 1. The Morgan fingerprint density at radius 1 is 1.10 bits per heavy atom. The smallest absolute Gasteiger partial charge is 0.256 e. The highest BCUT2D eigenvalue weighted by Crippen LogP contribution is 2.30. The van der Waals surface area contributed by atoms with Gasteiger partial charge in [0.2, 0.25) is 0 Å². The third-order valence-corrected chi connectivity index (χ3v) is 5.58. The Morgan fingerprint density at radius 3 is 2.59 bits per heavy atom. The number of aryl methyl sites for hydroxylation is 2. The first-order chi connectivity index (χ1) is 14.0. The summed E-state index contributed by atoms with van der Waals surface area (Å²) in [6, 6.07) is 17.4. The number of amides is 1. The number of hydrogen-bond donors (Lipinski definition) is 1. The summed E-state index contributed by atoms with van der Waals surface area (Å²) >= 11 is 1.62. The molecule has 0 saturated heterocycles. The van der Waals surface area contributed by atoms with Gasteiger partial charge in [-0.05, 0) is 74.2 Å². The van der Waals surface area contributed by atoms with Crippen molar-refractivity contribution in [2.75, 3.05) is 11.9 Å². The lowest BCUT2D eigenvalue weighted by Crippen LogP contribution is -2.13. The average Bonchev–Trinajstić information content (AvgIpc) is 3.24. The van der Waals surface area contributed by atoms with Gasteiger partial charge in [-0.15, -0.1) is 11.3 Å². The second-order valence-corrected chi connectivity index (χ2v) is 7.87. The first-order valence-electron chi connectivity index (χ1n) is 9.55. The molecule has 4 aromatic rings. The highest BCUT2D eigenvalue weighted by Gasteiger charge is 2.16. The van der Waals surface area contributed by atoms with Gasteiger partial charge in [0.25, 0.3) is 5.91 Å². The quantitative estimate of drug-likeness (QED) is 0.430. The lowest BCUT2D eigenvalue weighted by Gasteiger charge is -2.13. The van der Waals surface area contributed by atoms with Crippen molar-refractivity contribution in [3.05, 3.63) is 76.7 Å². The molecule has 1 N–H and O–H groups in total. The van der Waals surface area contributed by atoms with Crippen LogP contribution < -0.4 is 10.1 Å². The zero-order chi connectivity index (χ0) is 20.4. The summed E-state index contributed by atoms with van der Waals surface area (Å²) in [7, 11) is 0. The first kappa shape index (κ1) is 19.2. The molecule has 0 aliphatic carbocycles. The Hall–Kier alpha value is -3.18. The molecular formula is C24H22N2O2S. The van der Waals surface area contributed by atoms with Gasteiger partial charge < -0.3 is 10.1 Å². The second kappa shape index (κ2) is 8.05. The van der Waals surface area contributed by atoms with Gasteiger partial charge >= 0.3 is 0 Å². The molecule has 2 heterocycles. The molecule has 4 rings (SSSR count). The Kier molecular flexibility index (Phi) is 5.32. The van der Waals surface area contributed by atoms with E-state index in [2.05, 4.69) is 11.4 Å². The highest BCUT2D eigenvalue weighted by molar-refractivity contribution is 7.13. The SMILES string of the molecule is CCOc1ccc(NC(=O)c2cc(-c3cccs3)nc3c(C)cc(C)cc23)cc1. The summed E-state index contributed by atoms with van der Waals surface area (Å²) in [4.78, 5) is 19.1. The monoisotopic (exact) mass is 402 g/mol. The number of hydrogen-bond acceptors (Lipinski definition) is 4. The Balaban J connectivity index is 1.77. The fourth-order valence-electron chi connectivity index (χ4n) is 3.42. The Morgan fingerprint density at radius 2 is 1.90 bits per heavy atom. The molecule has 0 bridgehead atoms. The highest BCUT2D eigenvalue weighted by atomic mass is 32.1. The summed E-state index contributed by atoms with van der Waals surface area (Å²) in [6.45, 7) is 6.63. The second-order valence-electron chi connectivity index (χ2n) is 6.92. The van der Waals surface area contributed by atoms with Crippen LogP contribution in [0.25, 0.3) is 21.5 Å². The van der Waals surface area contributed by atoms with Gasteiger partial charge in [0.15, 0.2) is 0 Å². The molecule has 0 unspecified atom stereocenters. The fraction of sp³-hybridized carbons (Fsp3) is 0.167. The predicted molar refractivity (Wildman–Crippen MR) is 120 cm³/mol. The van der Waals surface area contributed by atoms with Crippen LogP contribution in [0.5, 0.6) is 5.75 Å². The van der Waals surface area contributed by atoms with E-state index in [4.69, 9.17) is 9.72 Å². The maximum Gasteiger partial charge on any atom is 0.256 e. The summed E-state index contributed by atoms with van der Waals surface area (Å²) < 4.78 is 5.47. The van der Waals surface area contributed by atoms with Gasteiger partial charge in [-0.2, -0.15) is 0 Å². The van der Waals surface area contributed by atoms with E-state index in [0.717, 1.165) is 44.0 Å². The summed E-state index contributed by atoms with van der Waals surface area (Å²) in [5, 5.41) is 5.90. The van der Waals surface area contributed by atoms with Crippen molar-refractivity contribution in [3.8, 4) is 16.3 Å². The zero-order valence-electron chi connectivity index (χ0n) is 16.7. The largest absolute Gasteiger partial charge is 0.494 e. The third kappa shape index (κ3) is 4.00. The van der Waals surface area contributed by atoms with Crippen LogP contribution >= 0.6 is 11.3 Å². The van der Waals surface area contributed by atoms with Gasteiger partial charge in [0, 0.05) is 11.1 Å². The number of carbonyl (C=O) groups is 1. The molecule has 146 valence electrons. The van der Waals surface area contributed by atoms with Crippen LogP contribution in [0.15, 0.2) is 60.0 Å². The number of rotatable bonds is 5. The molecular weight excluding hydrogens is 380 g/mol. The van der Waals surface area contributed by atoms with E-state index in [9.17, 15) is 4.79 Å². The van der Waals surface area contributed by atoms with Crippen molar-refractivity contribution in [1.82, 2.24) is 4.98 Å². The minimum atomic E-state index is -0.149. The number of aromatic nitrogens is 1.